The van der Waals surface area contributed by atoms with Crippen LogP contribution in [0.1, 0.15) is 29.9 Å². The van der Waals surface area contributed by atoms with Crippen molar-refractivity contribution in [2.45, 2.75) is 40.3 Å². The van der Waals surface area contributed by atoms with Crippen LogP contribution in [0.5, 0.6) is 0 Å². The van der Waals surface area contributed by atoms with Crippen LogP contribution in [0.15, 0.2) is 34.9 Å². The number of pyridine rings is 1. The molecule has 138 valence electrons. The van der Waals surface area contributed by atoms with Crippen LogP contribution in [-0.2, 0) is 25.9 Å². The van der Waals surface area contributed by atoms with E-state index in [0.29, 0.717) is 0 Å². The van der Waals surface area contributed by atoms with Crippen molar-refractivity contribution in [2.24, 2.45) is 0 Å². The van der Waals surface area contributed by atoms with Crippen molar-refractivity contribution in [2.75, 3.05) is 13.6 Å². The Labute approximate surface area is 169 Å². The maximum Gasteiger partial charge on any atom is 0.0645 e. The van der Waals surface area contributed by atoms with E-state index in [1.165, 1.54) is 27.7 Å². The van der Waals surface area contributed by atoms with Crippen LogP contribution in [0.25, 0.3) is 10.9 Å². The summed E-state index contributed by atoms with van der Waals surface area (Å²) in [4.78, 5) is 6.79. The van der Waals surface area contributed by atoms with Crippen LogP contribution in [0.2, 0.25) is 5.02 Å². The Balaban J connectivity index is 0.00000196. The lowest BCUT2D eigenvalue weighted by atomic mass is 10.0. The van der Waals surface area contributed by atoms with E-state index in [1.54, 1.807) is 0 Å². The van der Waals surface area contributed by atoms with E-state index in [2.05, 4.69) is 55.6 Å². The second kappa shape index (κ2) is 7.71. The zero-order chi connectivity index (χ0) is 17.6. The largest absolute Gasteiger partial charge is 0.343 e. The monoisotopic (exact) mass is 433 g/mol. The Morgan fingerprint density at radius 2 is 2.04 bits per heavy atom. The highest BCUT2D eigenvalue weighted by Crippen LogP contribution is 2.39. The second-order valence-corrected chi connectivity index (χ2v) is 8.14. The fourth-order valence-electron chi connectivity index (χ4n) is 3.77. The van der Waals surface area contributed by atoms with Gasteiger partial charge in [0.15, 0.2) is 0 Å². The summed E-state index contributed by atoms with van der Waals surface area (Å²) in [5.41, 5.74) is 6.38. The molecule has 3 aromatic rings. The first-order valence-electron chi connectivity index (χ1n) is 8.62. The Hall–Kier alpha value is -1.36. The fourth-order valence-corrected chi connectivity index (χ4v) is 4.58. The number of rotatable bonds is 3. The molecule has 26 heavy (non-hydrogen) atoms. The van der Waals surface area contributed by atoms with Crippen LogP contribution < -0.4 is 0 Å². The first kappa shape index (κ1) is 19.4. The molecule has 4 rings (SSSR count). The highest BCUT2D eigenvalue weighted by atomic mass is 79.9. The van der Waals surface area contributed by atoms with Crippen molar-refractivity contribution in [3.63, 3.8) is 0 Å². The van der Waals surface area contributed by atoms with Gasteiger partial charge in [-0.2, -0.15) is 0 Å². The summed E-state index contributed by atoms with van der Waals surface area (Å²) in [7, 11) is 2.18. The molecule has 0 radical (unpaired) electrons. The number of likely N-dealkylation sites (N-methyl/N-ethyl adjacent to an activating group) is 1. The Morgan fingerprint density at radius 3 is 2.77 bits per heavy atom. The van der Waals surface area contributed by atoms with Crippen molar-refractivity contribution < 1.29 is 0 Å². The van der Waals surface area contributed by atoms with Gasteiger partial charge in [0, 0.05) is 53.5 Å². The molecule has 0 saturated carbocycles. The summed E-state index contributed by atoms with van der Waals surface area (Å²) in [6, 6.07) is 8.32. The van der Waals surface area contributed by atoms with E-state index in [4.69, 9.17) is 11.6 Å². The summed E-state index contributed by atoms with van der Waals surface area (Å²) in [5.74, 6) is 0. The fraction of sp³-hybridized carbons (Fsp3) is 0.381. The van der Waals surface area contributed by atoms with Gasteiger partial charge in [-0.15, -0.1) is 0 Å². The minimum Gasteiger partial charge on any atom is -0.343 e. The molecule has 0 saturated heterocycles. The van der Waals surface area contributed by atoms with Gasteiger partial charge in [-0.05, 0) is 65.6 Å². The summed E-state index contributed by atoms with van der Waals surface area (Å²) in [5, 5.41) is 2.06. The number of halogens is 2. The molecule has 1 aromatic carbocycles. The van der Waals surface area contributed by atoms with Crippen LogP contribution in [0.3, 0.4) is 0 Å². The first-order valence-corrected chi connectivity index (χ1v) is 9.79. The van der Waals surface area contributed by atoms with Gasteiger partial charge in [-0.25, -0.2) is 0 Å². The molecule has 0 N–H and O–H groups in total. The summed E-state index contributed by atoms with van der Waals surface area (Å²) in [6.07, 6.45) is 4.02. The molecule has 0 bridgehead atoms. The average Bonchev–Trinajstić information content (AvgIpc) is 2.92. The lowest BCUT2D eigenvalue weighted by molar-refractivity contribution is 0.309. The average molecular weight is 435 g/mol. The topological polar surface area (TPSA) is 21.1 Å². The van der Waals surface area contributed by atoms with Gasteiger partial charge in [-0.1, -0.05) is 25.1 Å². The van der Waals surface area contributed by atoms with E-state index in [0.717, 1.165) is 47.7 Å². The molecule has 1 aliphatic heterocycles. The van der Waals surface area contributed by atoms with Crippen LogP contribution in [-0.4, -0.2) is 28.0 Å². The molecule has 0 spiro atoms. The smallest absolute Gasteiger partial charge is 0.0645 e. The number of nitrogens with zero attached hydrogens (tertiary/aromatic N) is 3. The van der Waals surface area contributed by atoms with Crippen LogP contribution in [0.4, 0.5) is 0 Å². The van der Waals surface area contributed by atoms with E-state index in [9.17, 15) is 0 Å². The molecule has 1 aliphatic rings. The highest BCUT2D eigenvalue weighted by Gasteiger charge is 2.25. The number of hydrogen-bond acceptors (Lipinski definition) is 2. The molecule has 2 aromatic heterocycles. The zero-order valence-electron chi connectivity index (χ0n) is 14.5. The molecule has 0 fully saturated rings. The molecule has 5 heteroatoms. The number of hydrogen-bond donors (Lipinski definition) is 0. The third-order valence-corrected chi connectivity index (χ3v) is 6.03. The molecular weight excluding hydrogens is 410 g/mol. The van der Waals surface area contributed by atoms with E-state index in [1.807, 2.05) is 19.2 Å². The molecule has 0 amide bonds. The maximum absolute atomic E-state index is 6.60. The molecule has 3 nitrogen and oxygen atoms in total. The third-order valence-electron chi connectivity index (χ3n) is 5.08. The van der Waals surface area contributed by atoms with Gasteiger partial charge in [0.05, 0.1) is 10.5 Å². The SMILES string of the molecule is C.Cc1ccc(CCn2c3c(c4c(Cl)ccc(Br)c42)CN(C)CC3)cn1. The minimum atomic E-state index is 0. The Bertz CT molecular complexity index is 931. The Kier molecular flexibility index (Phi) is 5.75. The normalized spacial score (nSPS) is 14.3. The van der Waals surface area contributed by atoms with Gasteiger partial charge >= 0.3 is 0 Å². The van der Waals surface area contributed by atoms with Gasteiger partial charge < -0.3 is 9.47 Å². The second-order valence-electron chi connectivity index (χ2n) is 6.88. The van der Waals surface area contributed by atoms with E-state index in [-0.39, 0.29) is 7.43 Å². The standard InChI is InChI=1S/C20H21BrClN3.CH4/c1-13-3-4-14(11-23-13)7-10-25-18-8-9-24(2)12-15(18)19-17(22)6-5-16(21)20(19)25;/h3-6,11H,7-10,12H2,1-2H3;1H4. The molecule has 0 unspecified atom stereocenters. The summed E-state index contributed by atoms with van der Waals surface area (Å²) < 4.78 is 3.58. The lowest BCUT2D eigenvalue weighted by Gasteiger charge is -2.24. The molecule has 0 aliphatic carbocycles. The van der Waals surface area contributed by atoms with Gasteiger partial charge in [0.1, 0.15) is 0 Å². The zero-order valence-corrected chi connectivity index (χ0v) is 16.9. The van der Waals surface area contributed by atoms with Crippen molar-refractivity contribution >= 4 is 38.4 Å². The summed E-state index contributed by atoms with van der Waals surface area (Å²) in [6.45, 7) is 5.01. The van der Waals surface area contributed by atoms with E-state index < -0.39 is 0 Å². The Morgan fingerprint density at radius 1 is 1.23 bits per heavy atom. The van der Waals surface area contributed by atoms with Crippen molar-refractivity contribution in [3.8, 4) is 0 Å². The molecular formula is C21H25BrClN3. The predicted molar refractivity (Wildman–Crippen MR) is 114 cm³/mol. The molecule has 3 heterocycles. The third kappa shape index (κ3) is 3.42. The number of fused-ring (bicyclic) bond motifs is 3. The number of aryl methyl sites for hydroxylation is 3. The van der Waals surface area contributed by atoms with Crippen molar-refractivity contribution in [3.05, 3.63) is 62.5 Å². The maximum atomic E-state index is 6.60. The lowest BCUT2D eigenvalue weighted by Crippen LogP contribution is -2.27. The van der Waals surface area contributed by atoms with Crippen molar-refractivity contribution in [1.29, 1.82) is 0 Å². The number of aromatic nitrogens is 2. The minimum absolute atomic E-state index is 0. The quantitative estimate of drug-likeness (QED) is 0.533. The first-order chi connectivity index (χ1) is 12.0. The van der Waals surface area contributed by atoms with Gasteiger partial charge in [-0.3, -0.25) is 4.98 Å². The molecule has 0 atom stereocenters. The highest BCUT2D eigenvalue weighted by molar-refractivity contribution is 9.10. The van der Waals surface area contributed by atoms with Crippen LogP contribution >= 0.6 is 27.5 Å². The van der Waals surface area contributed by atoms with Crippen LogP contribution in [0, 0.1) is 6.92 Å². The number of benzene rings is 1. The summed E-state index contributed by atoms with van der Waals surface area (Å²) >= 11 is 10.4. The van der Waals surface area contributed by atoms with Gasteiger partial charge in [0.2, 0.25) is 0 Å². The van der Waals surface area contributed by atoms with E-state index >= 15 is 0 Å². The predicted octanol–water partition coefficient (Wildman–Crippen LogP) is 5.63. The van der Waals surface area contributed by atoms with Gasteiger partial charge in [0.25, 0.3) is 0 Å². The van der Waals surface area contributed by atoms with Crippen molar-refractivity contribution in [1.82, 2.24) is 14.5 Å².